The Morgan fingerprint density at radius 2 is 1.73 bits per heavy atom. The van der Waals surface area contributed by atoms with E-state index in [9.17, 15) is 19.5 Å². The molecule has 2 rings (SSSR count). The van der Waals surface area contributed by atoms with Crippen molar-refractivity contribution in [3.63, 3.8) is 0 Å². The van der Waals surface area contributed by atoms with Crippen molar-refractivity contribution < 1.29 is 19.5 Å². The van der Waals surface area contributed by atoms with Crippen LogP contribution in [0.5, 0.6) is 0 Å². The van der Waals surface area contributed by atoms with Gasteiger partial charge in [0.1, 0.15) is 17.3 Å². The lowest BCUT2D eigenvalue weighted by atomic mass is 9.60. The highest BCUT2D eigenvalue weighted by molar-refractivity contribution is 6.30. The third-order valence-electron chi connectivity index (χ3n) is 4.40. The average Bonchev–Trinajstić information content (AvgIpc) is 2.36. The maximum Gasteiger partial charge on any atom is 0.146 e. The lowest BCUT2D eigenvalue weighted by Crippen LogP contribution is -2.53. The smallest absolute Gasteiger partial charge is 0.146 e. The van der Waals surface area contributed by atoms with Crippen LogP contribution >= 0.6 is 11.6 Å². The number of halogens is 1. The van der Waals surface area contributed by atoms with Crippen molar-refractivity contribution in [3.8, 4) is 0 Å². The molecule has 0 aromatic heterocycles. The number of hydrogen-bond acceptors (Lipinski definition) is 4. The Hall–Kier alpha value is -1.52. The summed E-state index contributed by atoms with van der Waals surface area (Å²) in [4.78, 5) is 36.5. The summed E-state index contributed by atoms with van der Waals surface area (Å²) in [5.41, 5.74) is -0.794. The third kappa shape index (κ3) is 2.99. The molecule has 4 nitrogen and oxygen atoms in total. The molecule has 1 N–H and O–H groups in total. The van der Waals surface area contributed by atoms with Gasteiger partial charge in [0.05, 0.1) is 17.4 Å². The Morgan fingerprint density at radius 3 is 2.18 bits per heavy atom. The number of rotatable bonds is 3. The van der Waals surface area contributed by atoms with Gasteiger partial charge in [-0.15, -0.1) is 0 Å². The van der Waals surface area contributed by atoms with Crippen molar-refractivity contribution in [1.82, 2.24) is 0 Å². The van der Waals surface area contributed by atoms with Crippen LogP contribution in [0.1, 0.15) is 38.7 Å². The molecule has 22 heavy (non-hydrogen) atoms. The van der Waals surface area contributed by atoms with Crippen LogP contribution in [0.2, 0.25) is 5.02 Å². The Kier molecular flexibility index (Phi) is 4.54. The first-order valence-electron chi connectivity index (χ1n) is 7.16. The molecule has 0 heterocycles. The molecule has 1 saturated carbocycles. The van der Waals surface area contributed by atoms with Gasteiger partial charge in [-0.05, 0) is 38.5 Å². The molecular weight excluding hydrogens is 304 g/mol. The number of carbonyl (C=O) groups is 3. The van der Waals surface area contributed by atoms with Gasteiger partial charge in [0.2, 0.25) is 0 Å². The van der Waals surface area contributed by atoms with Crippen molar-refractivity contribution in [2.45, 2.75) is 38.7 Å². The zero-order valence-electron chi connectivity index (χ0n) is 12.8. The highest BCUT2D eigenvalue weighted by atomic mass is 35.5. The summed E-state index contributed by atoms with van der Waals surface area (Å²) < 4.78 is 0. The quantitative estimate of drug-likeness (QED) is 0.868. The van der Waals surface area contributed by atoms with E-state index >= 15 is 0 Å². The maximum absolute atomic E-state index is 12.4. The number of benzene rings is 1. The molecule has 0 bridgehead atoms. The van der Waals surface area contributed by atoms with E-state index in [1.165, 1.54) is 20.8 Å². The molecule has 1 aliphatic rings. The summed E-state index contributed by atoms with van der Waals surface area (Å²) in [6.45, 7) is 4.22. The molecule has 1 aromatic carbocycles. The van der Waals surface area contributed by atoms with E-state index in [2.05, 4.69) is 0 Å². The van der Waals surface area contributed by atoms with Crippen molar-refractivity contribution in [1.29, 1.82) is 0 Å². The first-order chi connectivity index (χ1) is 10.1. The topological polar surface area (TPSA) is 71.4 Å². The second kappa shape index (κ2) is 5.94. The minimum absolute atomic E-state index is 0.189. The molecule has 1 aliphatic carbocycles. The Labute approximate surface area is 134 Å². The summed E-state index contributed by atoms with van der Waals surface area (Å²) in [6.07, 6.45) is -0.189. The third-order valence-corrected chi connectivity index (χ3v) is 4.65. The summed E-state index contributed by atoms with van der Waals surface area (Å²) in [6, 6.07) is 6.71. The van der Waals surface area contributed by atoms with Crippen LogP contribution in [0.3, 0.4) is 0 Å². The van der Waals surface area contributed by atoms with E-state index in [1.54, 1.807) is 24.3 Å². The first kappa shape index (κ1) is 16.8. The SMILES string of the molecule is CC(=O)[C@H]1C(=O)C[C@](C)(O)[C@@H](C(C)=O)[C@H]1c1ccc(Cl)cc1. The first-order valence-corrected chi connectivity index (χ1v) is 7.54. The fourth-order valence-electron chi connectivity index (χ4n) is 3.59. The van der Waals surface area contributed by atoms with Gasteiger partial charge in [-0.2, -0.15) is 0 Å². The highest BCUT2D eigenvalue weighted by Crippen LogP contribution is 2.46. The van der Waals surface area contributed by atoms with Gasteiger partial charge >= 0.3 is 0 Å². The van der Waals surface area contributed by atoms with Gasteiger partial charge in [0.15, 0.2) is 0 Å². The predicted octanol–water partition coefficient (Wildman–Crippen LogP) is 2.56. The molecule has 0 aliphatic heterocycles. The monoisotopic (exact) mass is 322 g/mol. The van der Waals surface area contributed by atoms with Crippen LogP contribution in [-0.2, 0) is 14.4 Å². The normalized spacial score (nSPS) is 31.9. The lowest BCUT2D eigenvalue weighted by molar-refractivity contribution is -0.151. The lowest BCUT2D eigenvalue weighted by Gasteiger charge is -2.44. The molecule has 5 heteroatoms. The van der Waals surface area contributed by atoms with Gasteiger partial charge in [0.25, 0.3) is 0 Å². The summed E-state index contributed by atoms with van der Waals surface area (Å²) in [5, 5.41) is 11.1. The van der Waals surface area contributed by atoms with Gasteiger partial charge in [-0.25, -0.2) is 0 Å². The molecule has 0 amide bonds. The standard InChI is InChI=1S/C17H19ClO4/c1-9(19)14-13(21)8-17(3,22)16(10(2)20)15(14)11-4-6-12(18)7-5-11/h4-7,14-16,22H,8H2,1-3H3/t14-,15-,16-,17-/m0/s1. The Balaban J connectivity index is 2.61. The molecule has 0 radical (unpaired) electrons. The highest BCUT2D eigenvalue weighted by Gasteiger charge is 2.53. The van der Waals surface area contributed by atoms with Crippen LogP contribution in [-0.4, -0.2) is 28.1 Å². The summed E-state index contributed by atoms with van der Waals surface area (Å²) >= 11 is 5.88. The largest absolute Gasteiger partial charge is 0.389 e. The Bertz CT molecular complexity index is 618. The van der Waals surface area contributed by atoms with Crippen LogP contribution in [0.25, 0.3) is 0 Å². The van der Waals surface area contributed by atoms with E-state index in [4.69, 9.17) is 11.6 Å². The molecule has 1 fully saturated rings. The van der Waals surface area contributed by atoms with E-state index < -0.39 is 23.4 Å². The molecule has 118 valence electrons. The zero-order valence-corrected chi connectivity index (χ0v) is 13.6. The fraction of sp³-hybridized carbons (Fsp3) is 0.471. The van der Waals surface area contributed by atoms with Crippen molar-refractivity contribution in [3.05, 3.63) is 34.9 Å². The van der Waals surface area contributed by atoms with Crippen molar-refractivity contribution >= 4 is 29.0 Å². The molecule has 1 aromatic rings. The molecular formula is C17H19ClO4. The Morgan fingerprint density at radius 1 is 1.18 bits per heavy atom. The van der Waals surface area contributed by atoms with Crippen LogP contribution < -0.4 is 0 Å². The number of aliphatic hydroxyl groups is 1. The van der Waals surface area contributed by atoms with E-state index in [0.717, 1.165) is 0 Å². The number of hydrogen-bond donors (Lipinski definition) is 1. The van der Waals surface area contributed by atoms with Crippen molar-refractivity contribution in [2.24, 2.45) is 11.8 Å². The van der Waals surface area contributed by atoms with Crippen LogP contribution in [0.15, 0.2) is 24.3 Å². The fourth-order valence-corrected chi connectivity index (χ4v) is 3.72. The van der Waals surface area contributed by atoms with Gasteiger partial charge in [-0.1, -0.05) is 23.7 Å². The predicted molar refractivity (Wildman–Crippen MR) is 82.8 cm³/mol. The number of carbonyl (C=O) groups excluding carboxylic acids is 3. The maximum atomic E-state index is 12.4. The van der Waals surface area contributed by atoms with Gasteiger partial charge < -0.3 is 5.11 Å². The second-order valence-corrected chi connectivity index (χ2v) is 6.69. The van der Waals surface area contributed by atoms with E-state index in [1.807, 2.05) is 0 Å². The van der Waals surface area contributed by atoms with E-state index in [-0.39, 0.29) is 23.8 Å². The van der Waals surface area contributed by atoms with Gasteiger partial charge in [-0.3, -0.25) is 14.4 Å². The molecule has 4 atom stereocenters. The van der Waals surface area contributed by atoms with Crippen molar-refractivity contribution in [2.75, 3.05) is 0 Å². The minimum Gasteiger partial charge on any atom is -0.389 e. The number of ketones is 3. The molecule has 0 spiro atoms. The summed E-state index contributed by atoms with van der Waals surface area (Å²) in [7, 11) is 0. The van der Waals surface area contributed by atoms with E-state index in [0.29, 0.717) is 10.6 Å². The van der Waals surface area contributed by atoms with Crippen LogP contribution in [0, 0.1) is 11.8 Å². The molecule has 0 saturated heterocycles. The average molecular weight is 323 g/mol. The van der Waals surface area contributed by atoms with Gasteiger partial charge in [0, 0.05) is 17.4 Å². The molecule has 0 unspecified atom stereocenters. The van der Waals surface area contributed by atoms with Crippen LogP contribution in [0.4, 0.5) is 0 Å². The number of Topliss-reactive ketones (excluding diaryl/α,β-unsaturated/α-hetero) is 3. The zero-order chi connectivity index (χ0) is 16.7. The summed E-state index contributed by atoms with van der Waals surface area (Å²) in [5.74, 6) is -3.22. The second-order valence-electron chi connectivity index (χ2n) is 6.25. The minimum atomic E-state index is -1.46.